The molecule has 0 aromatic rings. The molecule has 1 heterocycles. The summed E-state index contributed by atoms with van der Waals surface area (Å²) in [6.45, 7) is 1.60. The average Bonchev–Trinajstić information content (AvgIpc) is 2.26. The lowest BCUT2D eigenvalue weighted by molar-refractivity contribution is 0.0170. The van der Waals surface area contributed by atoms with Crippen molar-refractivity contribution < 1.29 is 4.79 Å². The molecular weight excluding hydrogens is 190 g/mol. The fourth-order valence-corrected chi connectivity index (χ4v) is 2.68. The van der Waals surface area contributed by atoms with E-state index in [0.29, 0.717) is 6.04 Å². The van der Waals surface area contributed by atoms with Crippen LogP contribution in [0.2, 0.25) is 0 Å². The summed E-state index contributed by atoms with van der Waals surface area (Å²) in [7, 11) is 3.77. The van der Waals surface area contributed by atoms with Crippen molar-refractivity contribution in [3.8, 4) is 0 Å². The zero-order valence-electron chi connectivity index (χ0n) is 9.78. The van der Waals surface area contributed by atoms with Gasteiger partial charge in [-0.3, -0.25) is 4.90 Å². The van der Waals surface area contributed by atoms with Gasteiger partial charge in [0.2, 0.25) is 0 Å². The van der Waals surface area contributed by atoms with E-state index >= 15 is 0 Å². The number of hydrogen-bond acceptors (Lipinski definition) is 2. The second-order valence-electron chi connectivity index (χ2n) is 4.84. The Morgan fingerprint density at radius 1 is 1.00 bits per heavy atom. The molecule has 0 unspecified atom stereocenters. The molecule has 0 aromatic carbocycles. The first-order valence-corrected chi connectivity index (χ1v) is 5.89. The van der Waals surface area contributed by atoms with Crippen LogP contribution in [0.25, 0.3) is 0 Å². The molecule has 86 valence electrons. The maximum absolute atomic E-state index is 11.6. The van der Waals surface area contributed by atoms with E-state index in [-0.39, 0.29) is 6.03 Å². The molecule has 2 amide bonds. The largest absolute Gasteiger partial charge is 0.321 e. The van der Waals surface area contributed by atoms with Crippen LogP contribution in [0.1, 0.15) is 32.1 Å². The van der Waals surface area contributed by atoms with E-state index in [4.69, 9.17) is 0 Å². The van der Waals surface area contributed by atoms with Crippen molar-refractivity contribution in [2.75, 3.05) is 27.4 Å². The van der Waals surface area contributed by atoms with Gasteiger partial charge in [0.25, 0.3) is 0 Å². The SMILES string of the molecule is CN1CN(C2CCCCC2)CN(C)C1=O. The molecule has 1 aliphatic heterocycles. The van der Waals surface area contributed by atoms with Crippen LogP contribution in [-0.4, -0.2) is 54.2 Å². The van der Waals surface area contributed by atoms with Gasteiger partial charge in [0.1, 0.15) is 0 Å². The number of hydrogen-bond donors (Lipinski definition) is 0. The fourth-order valence-electron chi connectivity index (χ4n) is 2.68. The Bertz CT molecular complexity index is 224. The summed E-state index contributed by atoms with van der Waals surface area (Å²) in [6.07, 6.45) is 6.69. The second-order valence-corrected chi connectivity index (χ2v) is 4.84. The monoisotopic (exact) mass is 211 g/mol. The van der Waals surface area contributed by atoms with Gasteiger partial charge in [-0.05, 0) is 12.8 Å². The van der Waals surface area contributed by atoms with Gasteiger partial charge in [0.05, 0.1) is 13.3 Å². The number of urea groups is 1. The minimum atomic E-state index is 0.141. The number of carbonyl (C=O) groups excluding carboxylic acids is 1. The van der Waals surface area contributed by atoms with Crippen LogP contribution in [0.3, 0.4) is 0 Å². The van der Waals surface area contributed by atoms with Gasteiger partial charge in [-0.2, -0.15) is 0 Å². The van der Waals surface area contributed by atoms with Gasteiger partial charge < -0.3 is 9.80 Å². The highest BCUT2D eigenvalue weighted by molar-refractivity contribution is 5.74. The molecule has 15 heavy (non-hydrogen) atoms. The molecule has 1 saturated carbocycles. The summed E-state index contributed by atoms with van der Waals surface area (Å²) < 4.78 is 0. The molecule has 2 fully saturated rings. The van der Waals surface area contributed by atoms with Crippen LogP contribution in [0, 0.1) is 0 Å². The first-order chi connectivity index (χ1) is 7.18. The summed E-state index contributed by atoms with van der Waals surface area (Å²) in [5.41, 5.74) is 0. The summed E-state index contributed by atoms with van der Waals surface area (Å²) in [5, 5.41) is 0. The molecule has 1 aliphatic carbocycles. The fraction of sp³-hybridized carbons (Fsp3) is 0.909. The third-order valence-electron chi connectivity index (χ3n) is 3.53. The van der Waals surface area contributed by atoms with Gasteiger partial charge in [0.15, 0.2) is 0 Å². The van der Waals surface area contributed by atoms with Crippen LogP contribution in [0.5, 0.6) is 0 Å². The summed E-state index contributed by atoms with van der Waals surface area (Å²) in [4.78, 5) is 17.6. The van der Waals surface area contributed by atoms with Crippen molar-refractivity contribution in [1.29, 1.82) is 0 Å². The summed E-state index contributed by atoms with van der Waals surface area (Å²) >= 11 is 0. The normalized spacial score (nSPS) is 26.1. The van der Waals surface area contributed by atoms with Crippen molar-refractivity contribution in [3.63, 3.8) is 0 Å². The molecular formula is C11H21N3O. The highest BCUT2D eigenvalue weighted by atomic mass is 16.2. The minimum absolute atomic E-state index is 0.141. The summed E-state index contributed by atoms with van der Waals surface area (Å²) in [5.74, 6) is 0. The molecule has 0 bridgehead atoms. The van der Waals surface area contributed by atoms with Crippen molar-refractivity contribution >= 4 is 6.03 Å². The lowest BCUT2D eigenvalue weighted by atomic mass is 9.94. The molecule has 2 rings (SSSR count). The van der Waals surface area contributed by atoms with Crippen molar-refractivity contribution in [1.82, 2.24) is 14.7 Å². The van der Waals surface area contributed by atoms with E-state index in [1.54, 1.807) is 9.80 Å². The highest BCUT2D eigenvalue weighted by Gasteiger charge is 2.30. The van der Waals surface area contributed by atoms with Crippen LogP contribution in [-0.2, 0) is 0 Å². The Kier molecular flexibility index (Phi) is 3.14. The number of nitrogens with zero attached hydrogens (tertiary/aromatic N) is 3. The van der Waals surface area contributed by atoms with Crippen LogP contribution in [0.4, 0.5) is 4.79 Å². The minimum Gasteiger partial charge on any atom is -0.315 e. The van der Waals surface area contributed by atoms with E-state index < -0.39 is 0 Å². The van der Waals surface area contributed by atoms with E-state index in [0.717, 1.165) is 13.3 Å². The molecule has 0 N–H and O–H groups in total. The zero-order chi connectivity index (χ0) is 10.8. The standard InChI is InChI=1S/C11H21N3O/c1-12-8-14(9-13(2)11(12)15)10-6-4-3-5-7-10/h10H,3-9H2,1-2H3. The van der Waals surface area contributed by atoms with Crippen molar-refractivity contribution in [2.45, 2.75) is 38.1 Å². The quantitative estimate of drug-likeness (QED) is 0.657. The van der Waals surface area contributed by atoms with Crippen molar-refractivity contribution in [2.24, 2.45) is 0 Å². The van der Waals surface area contributed by atoms with Crippen LogP contribution >= 0.6 is 0 Å². The van der Waals surface area contributed by atoms with E-state index in [1.165, 1.54) is 32.1 Å². The maximum Gasteiger partial charge on any atom is 0.321 e. The molecule has 1 saturated heterocycles. The van der Waals surface area contributed by atoms with E-state index in [9.17, 15) is 4.79 Å². The first kappa shape index (κ1) is 10.7. The third kappa shape index (κ3) is 2.25. The topological polar surface area (TPSA) is 26.8 Å². The van der Waals surface area contributed by atoms with Gasteiger partial charge in [0, 0.05) is 20.1 Å². The Morgan fingerprint density at radius 3 is 2.07 bits per heavy atom. The Balaban J connectivity index is 1.95. The van der Waals surface area contributed by atoms with E-state index in [1.807, 2.05) is 14.1 Å². The highest BCUT2D eigenvalue weighted by Crippen LogP contribution is 2.24. The smallest absolute Gasteiger partial charge is 0.315 e. The Labute approximate surface area is 91.8 Å². The third-order valence-corrected chi connectivity index (χ3v) is 3.53. The van der Waals surface area contributed by atoms with Crippen LogP contribution < -0.4 is 0 Å². The zero-order valence-corrected chi connectivity index (χ0v) is 9.78. The number of amides is 2. The second kappa shape index (κ2) is 4.39. The molecule has 0 spiro atoms. The molecule has 0 atom stereocenters. The van der Waals surface area contributed by atoms with Gasteiger partial charge in [-0.25, -0.2) is 4.79 Å². The lowest BCUT2D eigenvalue weighted by Gasteiger charge is -2.43. The maximum atomic E-state index is 11.6. The molecule has 0 aromatic heterocycles. The predicted octanol–water partition coefficient (Wildman–Crippen LogP) is 1.53. The average molecular weight is 211 g/mol. The Hall–Kier alpha value is -0.770. The number of rotatable bonds is 1. The van der Waals surface area contributed by atoms with Gasteiger partial charge in [-0.15, -0.1) is 0 Å². The lowest BCUT2D eigenvalue weighted by Crippen LogP contribution is -2.58. The molecule has 4 nitrogen and oxygen atoms in total. The Morgan fingerprint density at radius 2 is 1.53 bits per heavy atom. The first-order valence-electron chi connectivity index (χ1n) is 5.89. The van der Waals surface area contributed by atoms with Gasteiger partial charge in [-0.1, -0.05) is 19.3 Å². The summed E-state index contributed by atoms with van der Waals surface area (Å²) in [6, 6.07) is 0.832. The molecule has 0 radical (unpaired) electrons. The molecule has 2 aliphatic rings. The van der Waals surface area contributed by atoms with Crippen molar-refractivity contribution in [3.05, 3.63) is 0 Å². The van der Waals surface area contributed by atoms with E-state index in [2.05, 4.69) is 4.90 Å². The van der Waals surface area contributed by atoms with Gasteiger partial charge >= 0.3 is 6.03 Å². The number of carbonyl (C=O) groups is 1. The van der Waals surface area contributed by atoms with Crippen LogP contribution in [0.15, 0.2) is 0 Å². The molecule has 4 heteroatoms. The predicted molar refractivity (Wildman–Crippen MR) is 59.4 cm³/mol.